The third kappa shape index (κ3) is 1.26. The van der Waals surface area contributed by atoms with Gasteiger partial charge in [0.2, 0.25) is 0 Å². The third-order valence-corrected chi connectivity index (χ3v) is 0. The van der Waals surface area contributed by atoms with E-state index in [1.165, 1.54) is 0 Å². The van der Waals surface area contributed by atoms with Gasteiger partial charge in [0.1, 0.15) is 0 Å². The molecule has 0 heterocycles. The lowest BCUT2D eigenvalue weighted by molar-refractivity contribution is 0.686. The molecule has 0 N–H and O–H groups in total. The molecule has 0 fully saturated rings. The molecule has 0 saturated carbocycles. The molecule has 0 aliphatic rings. The summed E-state index contributed by atoms with van der Waals surface area (Å²) in [5.41, 5.74) is 0. The number of terminal acetylenes is 1. The van der Waals surface area contributed by atoms with Gasteiger partial charge < -0.3 is 0 Å². The SMILES string of the molecule is C#C.[N].[O]. The van der Waals surface area contributed by atoms with Crippen LogP contribution in [0, 0.1) is 12.8 Å². The Balaban J connectivity index is -0.00000000500. The van der Waals surface area contributed by atoms with Crippen LogP contribution in [-0.2, 0) is 5.48 Å². The Labute approximate surface area is 25.7 Å². The Morgan fingerprint density at radius 2 is 1.00 bits per heavy atom. The lowest BCUT2D eigenvalue weighted by atomic mass is 11.4. The second-order valence-electron chi connectivity index (χ2n) is 0. The van der Waals surface area contributed by atoms with Crippen LogP contribution >= 0.6 is 0 Å². The van der Waals surface area contributed by atoms with Gasteiger partial charge in [0.25, 0.3) is 0 Å². The predicted octanol–water partition coefficient (Wildman–Crippen LogP) is -0.350. The average molecular weight is 56.0 g/mol. The molecule has 0 rings (SSSR count). The third-order valence-electron chi connectivity index (χ3n) is 0. The molecule has 0 unspecified atom stereocenters. The molecule has 0 bridgehead atoms. The number of nitrogens with zero attached hydrogens (tertiary/aromatic N) is 1. The fraction of sp³-hybridized carbons (Fsp3) is 0. The summed E-state index contributed by atoms with van der Waals surface area (Å²) in [7, 11) is 0. The maximum Gasteiger partial charge on any atom is 0 e. The zero-order valence-electron chi connectivity index (χ0n) is 2.01. The smallest absolute Gasteiger partial charge is 0 e. The first kappa shape index (κ1) is 92.9. The largest absolute Gasteiger partial charge is 0.124 e. The Morgan fingerprint density at radius 3 is 1.00 bits per heavy atom. The van der Waals surface area contributed by atoms with Crippen LogP contribution in [0.2, 0.25) is 0 Å². The minimum atomic E-state index is 0. The van der Waals surface area contributed by atoms with Crippen molar-refractivity contribution >= 4 is 0 Å². The zero-order chi connectivity index (χ0) is 2.00. The molecule has 0 aromatic heterocycles. The van der Waals surface area contributed by atoms with E-state index < -0.39 is 0 Å². The van der Waals surface area contributed by atoms with E-state index in [1.54, 1.807) is 0 Å². The van der Waals surface area contributed by atoms with Gasteiger partial charge in [0.15, 0.2) is 0 Å². The monoisotopic (exact) mass is 56.0 g/mol. The first-order chi connectivity index (χ1) is 1.00. The average Bonchev–Trinajstić information content (AvgIpc) is 1.00. The van der Waals surface area contributed by atoms with Crippen LogP contribution < -0.4 is 6.15 Å². The van der Waals surface area contributed by atoms with Crippen molar-refractivity contribution in [1.82, 2.24) is 6.15 Å². The molecule has 5 radical (unpaired) electrons. The molecular formula is C2H2NO. The van der Waals surface area contributed by atoms with E-state index in [-0.39, 0.29) is 11.6 Å². The summed E-state index contributed by atoms with van der Waals surface area (Å²) in [4.78, 5) is 0. The fourth-order valence-electron chi connectivity index (χ4n) is 0. The molecule has 4 heavy (non-hydrogen) atoms. The molecule has 0 atom stereocenters. The van der Waals surface area contributed by atoms with Gasteiger partial charge >= 0.3 is 0 Å². The molecule has 2 nitrogen and oxygen atoms in total. The first-order valence-electron chi connectivity index (χ1n) is 0.333. The number of rotatable bonds is 0. The molecule has 0 aliphatic heterocycles. The Kier molecular flexibility index (Phi) is 467. The standard InChI is InChI=1S/C2H2.N.O/c1-2;;/h1-2H;;. The van der Waals surface area contributed by atoms with Gasteiger partial charge in [0.05, 0.1) is 0 Å². The van der Waals surface area contributed by atoms with Crippen LogP contribution in [0.5, 0.6) is 0 Å². The molecule has 0 saturated heterocycles. The molecule has 21 valence electrons. The van der Waals surface area contributed by atoms with Gasteiger partial charge in [-0.2, -0.15) is 0 Å². The molecule has 0 amide bonds. The quantitative estimate of drug-likeness (QED) is 0.340. The zero-order valence-corrected chi connectivity index (χ0v) is 2.01. The lowest BCUT2D eigenvalue weighted by Crippen LogP contribution is -0.576. The van der Waals surface area contributed by atoms with Crippen LogP contribution in [-0.4, -0.2) is 0 Å². The van der Waals surface area contributed by atoms with E-state index in [2.05, 4.69) is 12.8 Å². The van der Waals surface area contributed by atoms with Gasteiger partial charge in [-0.25, -0.2) is 0 Å². The molecule has 2 heteroatoms. The van der Waals surface area contributed by atoms with Crippen LogP contribution in [0.4, 0.5) is 0 Å². The second-order valence-corrected chi connectivity index (χ2v) is 0. The number of hydrogen-bond donors (Lipinski definition) is 0. The maximum absolute atomic E-state index is 4.00. The Hall–Kier alpha value is -0.520. The van der Waals surface area contributed by atoms with Crippen molar-refractivity contribution in [3.63, 3.8) is 0 Å². The predicted molar refractivity (Wildman–Crippen MR) is 12.7 cm³/mol. The maximum atomic E-state index is 4.00. The van der Waals surface area contributed by atoms with Gasteiger partial charge in [-0.15, -0.1) is 12.8 Å². The highest BCUT2D eigenvalue weighted by atomic mass is 16.0. The van der Waals surface area contributed by atoms with Crippen molar-refractivity contribution in [2.45, 2.75) is 0 Å². The van der Waals surface area contributed by atoms with Gasteiger partial charge in [0, 0.05) is 11.6 Å². The Morgan fingerprint density at radius 1 is 1.00 bits per heavy atom. The summed E-state index contributed by atoms with van der Waals surface area (Å²) in [6.07, 6.45) is 8.00. The van der Waals surface area contributed by atoms with E-state index in [0.717, 1.165) is 0 Å². The summed E-state index contributed by atoms with van der Waals surface area (Å²) in [5.74, 6) is 0. The van der Waals surface area contributed by atoms with Crippen LogP contribution in [0.1, 0.15) is 0 Å². The van der Waals surface area contributed by atoms with Crippen molar-refractivity contribution in [3.05, 3.63) is 0 Å². The van der Waals surface area contributed by atoms with Crippen molar-refractivity contribution in [2.75, 3.05) is 0 Å². The van der Waals surface area contributed by atoms with Crippen LogP contribution in [0.15, 0.2) is 0 Å². The van der Waals surface area contributed by atoms with Crippen LogP contribution in [0.3, 0.4) is 0 Å². The van der Waals surface area contributed by atoms with Crippen molar-refractivity contribution in [2.24, 2.45) is 0 Å². The van der Waals surface area contributed by atoms with Gasteiger partial charge in [-0.05, 0) is 0 Å². The van der Waals surface area contributed by atoms with Crippen molar-refractivity contribution in [3.8, 4) is 12.8 Å². The molecule has 0 aromatic rings. The minimum Gasteiger partial charge on any atom is -0.124 e. The summed E-state index contributed by atoms with van der Waals surface area (Å²) in [5, 5.41) is 0. The van der Waals surface area contributed by atoms with Gasteiger partial charge in [-0.3, -0.25) is 0 Å². The van der Waals surface area contributed by atoms with E-state index in [1.807, 2.05) is 0 Å². The normalized spacial score (nSPS) is 0.500. The highest BCUT2D eigenvalue weighted by Gasteiger charge is 0.454. The van der Waals surface area contributed by atoms with E-state index >= 15 is 0 Å². The first-order valence-corrected chi connectivity index (χ1v) is 0.333. The summed E-state index contributed by atoms with van der Waals surface area (Å²) >= 11 is 0. The number of hydrogen-bond acceptors (Lipinski definition) is 0. The highest BCUT2D eigenvalue weighted by molar-refractivity contribution is 4.47. The summed E-state index contributed by atoms with van der Waals surface area (Å²) in [6, 6.07) is 0. The molecule has 0 spiro atoms. The summed E-state index contributed by atoms with van der Waals surface area (Å²) < 4.78 is 0. The van der Waals surface area contributed by atoms with Crippen LogP contribution in [0.25, 0.3) is 0 Å². The summed E-state index contributed by atoms with van der Waals surface area (Å²) in [6.45, 7) is 0. The second kappa shape index (κ2) is 20.1. The van der Waals surface area contributed by atoms with E-state index in [9.17, 15) is 0 Å². The molecule has 0 aromatic carbocycles. The van der Waals surface area contributed by atoms with Crippen molar-refractivity contribution in [1.29, 1.82) is 0 Å². The van der Waals surface area contributed by atoms with Gasteiger partial charge in [-0.1, -0.05) is 0 Å². The highest BCUT2D eigenvalue weighted by Crippen LogP contribution is 0.579. The van der Waals surface area contributed by atoms with E-state index in [0.29, 0.717) is 0 Å². The Bertz CT molecular complexity index is 10.8. The van der Waals surface area contributed by atoms with E-state index in [4.69, 9.17) is 0 Å². The lowest BCUT2D eigenvalue weighted by Gasteiger charge is -0.701. The fourth-order valence-corrected chi connectivity index (χ4v) is 0. The topological polar surface area (TPSA) is 59.0 Å². The molecular weight excluding hydrogens is 54.0 g/mol. The molecule has 0 aliphatic carbocycles. The van der Waals surface area contributed by atoms with Crippen molar-refractivity contribution < 1.29 is 5.48 Å². The minimum absolute atomic E-state index is 0.